The normalized spacial score (nSPS) is 41.0. The number of nitrogens with zero attached hydrogens (tertiary/aromatic N) is 1. The molecule has 8 heteroatoms. The van der Waals surface area contributed by atoms with Crippen LogP contribution in [-0.2, 0) is 18.1 Å². The maximum absolute atomic E-state index is 12.6. The van der Waals surface area contributed by atoms with E-state index in [1.54, 1.807) is 0 Å². The van der Waals surface area contributed by atoms with Crippen molar-refractivity contribution in [1.29, 1.82) is 0 Å². The molecule has 7 nitrogen and oxygen atoms in total. The Balaban J connectivity index is 1.50. The molecular formula is C17H15N2O5P. The first-order chi connectivity index (χ1) is 12.1. The molecule has 1 aromatic carbocycles. The molecule has 5 bridgehead atoms. The van der Waals surface area contributed by atoms with Crippen LogP contribution in [-0.4, -0.2) is 23.0 Å². The van der Waals surface area contributed by atoms with Gasteiger partial charge in [0, 0.05) is 11.4 Å². The molecule has 4 aliphatic heterocycles. The summed E-state index contributed by atoms with van der Waals surface area (Å²) >= 11 is 0. The average Bonchev–Trinajstić information content (AvgIpc) is 3.20. The first-order valence-electron chi connectivity index (χ1n) is 8.75. The molecule has 4 atom stereocenters. The van der Waals surface area contributed by atoms with E-state index in [0.29, 0.717) is 17.4 Å². The standard InChI is InChI=1S/C17H15N2O5P/c20-25-22-15-12-5-6-17(18-12,24-25)16(23-25)13(15)14-10-7-9(8-1-2-8)3-4-11(10)19-21-14/h3-4,7-8,12,15,18H,1-2,5-6H2. The zero-order valence-corrected chi connectivity index (χ0v) is 14.1. The third kappa shape index (κ3) is 1.59. The Labute approximate surface area is 142 Å². The summed E-state index contributed by atoms with van der Waals surface area (Å²) in [5.41, 5.74) is 2.10. The van der Waals surface area contributed by atoms with Crippen molar-refractivity contribution in [1.82, 2.24) is 10.5 Å². The van der Waals surface area contributed by atoms with Gasteiger partial charge in [-0.05, 0) is 49.3 Å². The van der Waals surface area contributed by atoms with Gasteiger partial charge in [-0.3, -0.25) is 9.84 Å². The van der Waals surface area contributed by atoms with E-state index in [9.17, 15) is 4.57 Å². The summed E-state index contributed by atoms with van der Waals surface area (Å²) in [7, 11) is -3.52. The number of hydrogen-bond donors (Lipinski definition) is 1. The predicted molar refractivity (Wildman–Crippen MR) is 86.4 cm³/mol. The summed E-state index contributed by atoms with van der Waals surface area (Å²) in [5, 5.41) is 8.58. The molecule has 2 aromatic rings. The lowest BCUT2D eigenvalue weighted by atomic mass is 9.92. The lowest BCUT2D eigenvalue weighted by Gasteiger charge is -2.34. The monoisotopic (exact) mass is 358 g/mol. The Hall–Kier alpha value is -1.66. The van der Waals surface area contributed by atoms with E-state index in [1.807, 2.05) is 6.07 Å². The number of rotatable bonds is 2. The first-order valence-corrected chi connectivity index (χ1v) is 10.2. The summed E-state index contributed by atoms with van der Waals surface area (Å²) in [6.45, 7) is 0. The van der Waals surface area contributed by atoms with Crippen molar-refractivity contribution in [2.24, 2.45) is 0 Å². The molecule has 1 aliphatic carbocycles. The SMILES string of the molecule is O=P12OC3=C(c4onc5ccc(C6CC6)cc45)C(O1)C1CCC3(N1)O2. The minimum absolute atomic E-state index is 0.0465. The summed E-state index contributed by atoms with van der Waals surface area (Å²) in [6, 6.07) is 6.34. The Morgan fingerprint density at radius 1 is 1.28 bits per heavy atom. The molecule has 5 heterocycles. The van der Waals surface area contributed by atoms with Crippen molar-refractivity contribution in [2.75, 3.05) is 0 Å². The van der Waals surface area contributed by atoms with Gasteiger partial charge in [-0.2, -0.15) is 0 Å². The van der Waals surface area contributed by atoms with E-state index in [4.69, 9.17) is 18.1 Å². The fourth-order valence-electron chi connectivity index (χ4n) is 4.68. The van der Waals surface area contributed by atoms with E-state index in [1.165, 1.54) is 18.4 Å². The zero-order chi connectivity index (χ0) is 16.4. The highest BCUT2D eigenvalue weighted by Crippen LogP contribution is 2.72. The predicted octanol–water partition coefficient (Wildman–Crippen LogP) is 3.43. The number of nitrogens with one attached hydrogen (secondary N) is 1. The number of fused-ring (bicyclic) bond motifs is 5. The average molecular weight is 358 g/mol. The van der Waals surface area contributed by atoms with Crippen LogP contribution in [0.2, 0.25) is 0 Å². The number of benzene rings is 1. The highest BCUT2D eigenvalue weighted by atomic mass is 31.2. The van der Waals surface area contributed by atoms with Crippen LogP contribution in [0.5, 0.6) is 0 Å². The third-order valence-electron chi connectivity index (χ3n) is 5.99. The van der Waals surface area contributed by atoms with Crippen LogP contribution >= 0.6 is 7.82 Å². The van der Waals surface area contributed by atoms with Gasteiger partial charge in [0.25, 0.3) is 0 Å². The molecule has 5 aliphatic rings. The number of phosphoric acid groups is 1. The first kappa shape index (κ1) is 13.5. The Kier molecular flexibility index (Phi) is 2.17. The van der Waals surface area contributed by atoms with Gasteiger partial charge in [-0.1, -0.05) is 11.2 Å². The number of hydrogen-bond acceptors (Lipinski definition) is 7. The highest BCUT2D eigenvalue weighted by Gasteiger charge is 2.69. The van der Waals surface area contributed by atoms with Crippen molar-refractivity contribution < 1.29 is 22.7 Å². The maximum atomic E-state index is 12.6. The molecule has 4 unspecified atom stereocenters. The quantitative estimate of drug-likeness (QED) is 0.824. The molecular weight excluding hydrogens is 343 g/mol. The van der Waals surface area contributed by atoms with Gasteiger partial charge in [-0.25, -0.2) is 9.09 Å². The van der Waals surface area contributed by atoms with E-state index in [0.717, 1.165) is 29.3 Å². The van der Waals surface area contributed by atoms with Crippen LogP contribution in [0.25, 0.3) is 16.5 Å². The fourth-order valence-corrected chi connectivity index (χ4v) is 6.41. The molecule has 0 amide bonds. The van der Waals surface area contributed by atoms with Crippen LogP contribution in [0.15, 0.2) is 28.5 Å². The number of aromatic nitrogens is 1. The summed E-state index contributed by atoms with van der Waals surface area (Å²) in [5.74, 6) is 1.87. The van der Waals surface area contributed by atoms with Gasteiger partial charge in [0.2, 0.25) is 0 Å². The van der Waals surface area contributed by atoms with Crippen LogP contribution in [0.4, 0.5) is 0 Å². The molecule has 0 radical (unpaired) electrons. The molecule has 1 saturated carbocycles. The number of phosphoric ester groups is 1. The van der Waals surface area contributed by atoms with E-state index >= 15 is 0 Å². The van der Waals surface area contributed by atoms with Crippen molar-refractivity contribution >= 4 is 24.3 Å². The van der Waals surface area contributed by atoms with Gasteiger partial charge in [0.15, 0.2) is 17.2 Å². The Morgan fingerprint density at radius 2 is 2.20 bits per heavy atom. The Bertz CT molecular complexity index is 1040. The van der Waals surface area contributed by atoms with E-state index < -0.39 is 19.7 Å². The Morgan fingerprint density at radius 3 is 3.08 bits per heavy atom. The topological polar surface area (TPSA) is 82.8 Å². The minimum atomic E-state index is -3.52. The second-order valence-electron chi connectivity index (χ2n) is 7.58. The molecule has 3 fully saturated rings. The maximum Gasteiger partial charge on any atom is 0.532 e. The van der Waals surface area contributed by atoms with Crippen molar-refractivity contribution in [3.63, 3.8) is 0 Å². The third-order valence-corrected chi connectivity index (χ3v) is 7.42. The minimum Gasteiger partial charge on any atom is -0.403 e. The second kappa shape index (κ2) is 4.01. The van der Waals surface area contributed by atoms with Gasteiger partial charge in [0.1, 0.15) is 11.6 Å². The molecule has 25 heavy (non-hydrogen) atoms. The smallest absolute Gasteiger partial charge is 0.403 e. The van der Waals surface area contributed by atoms with Crippen LogP contribution in [0.3, 0.4) is 0 Å². The lowest BCUT2D eigenvalue weighted by Crippen LogP contribution is -2.51. The van der Waals surface area contributed by atoms with Crippen molar-refractivity contribution in [2.45, 2.75) is 49.5 Å². The molecule has 1 aromatic heterocycles. The van der Waals surface area contributed by atoms with E-state index in [-0.39, 0.29) is 6.04 Å². The fraction of sp³-hybridized carbons (Fsp3) is 0.471. The van der Waals surface area contributed by atoms with Gasteiger partial charge in [0.05, 0.1) is 5.57 Å². The summed E-state index contributed by atoms with van der Waals surface area (Å²) in [6.07, 6.45) is 3.68. The van der Waals surface area contributed by atoms with Crippen molar-refractivity contribution in [3.8, 4) is 0 Å². The highest BCUT2D eigenvalue weighted by molar-refractivity contribution is 7.49. The molecule has 7 rings (SSSR count). The molecule has 2 saturated heterocycles. The van der Waals surface area contributed by atoms with Crippen LogP contribution in [0, 0.1) is 0 Å². The van der Waals surface area contributed by atoms with Gasteiger partial charge in [-0.15, -0.1) is 0 Å². The second-order valence-corrected chi connectivity index (χ2v) is 9.05. The lowest BCUT2D eigenvalue weighted by molar-refractivity contribution is 0.105. The van der Waals surface area contributed by atoms with E-state index in [2.05, 4.69) is 22.6 Å². The van der Waals surface area contributed by atoms with Gasteiger partial charge < -0.3 is 9.05 Å². The van der Waals surface area contributed by atoms with Crippen LogP contribution < -0.4 is 5.32 Å². The largest absolute Gasteiger partial charge is 0.532 e. The summed E-state index contributed by atoms with van der Waals surface area (Å²) < 4.78 is 35.5. The van der Waals surface area contributed by atoms with Crippen molar-refractivity contribution in [3.05, 3.63) is 35.3 Å². The zero-order valence-electron chi connectivity index (χ0n) is 13.2. The molecule has 128 valence electrons. The molecule has 1 N–H and O–H groups in total. The summed E-state index contributed by atoms with van der Waals surface area (Å²) in [4.78, 5) is 0. The molecule has 1 spiro atoms. The van der Waals surface area contributed by atoms with Crippen LogP contribution in [0.1, 0.15) is 42.9 Å². The van der Waals surface area contributed by atoms with Gasteiger partial charge >= 0.3 is 7.82 Å².